The molecule has 322 valence electrons. The molecule has 0 aliphatic carbocycles. The number of unbranched alkanes of at least 4 members (excludes halogenated alkanes) is 2. The number of amides is 7. The highest BCUT2D eigenvalue weighted by Gasteiger charge is 2.33. The minimum absolute atomic E-state index is 0.0992. The standard InChI is InChI=1S/C35H62N12O10/c1-19(2)14-26(33(54)42-20(3)29(50)45-25(35(56)57)10-11-28(39)49)46-34(55)27(15-21-16-40-18-41-21)47-32(53)24(9-5-7-13-37)44-31(52)23(8-4-6-12-36)43-30(51)22(38)17-48/h16,18-20,22-27,48H,4-15,17,36-38H2,1-3H3,(H2,39,49)(H,40,41)(H,42,54)(H,43,51)(H,44,52)(H,45,50)(H,46,55)(H,47,53)(H,56,57)/t20-,22-,23-,24-,25-,26-,27-/m0/s1. The number of nitrogens with zero attached hydrogens (tertiary/aromatic N) is 1. The van der Waals surface area contributed by atoms with Gasteiger partial charge in [0.2, 0.25) is 41.4 Å². The first kappa shape index (κ1) is 49.8. The number of hydrogen-bond donors (Lipinski definition) is 13. The molecule has 0 aromatic carbocycles. The molecule has 17 N–H and O–H groups in total. The van der Waals surface area contributed by atoms with Gasteiger partial charge in [0.15, 0.2) is 0 Å². The highest BCUT2D eigenvalue weighted by Crippen LogP contribution is 2.10. The Hall–Kier alpha value is -5.19. The van der Waals surface area contributed by atoms with Crippen LogP contribution in [0.3, 0.4) is 0 Å². The van der Waals surface area contributed by atoms with Crippen molar-refractivity contribution < 1.29 is 48.6 Å². The van der Waals surface area contributed by atoms with Gasteiger partial charge in [0.05, 0.1) is 12.9 Å². The predicted octanol–water partition coefficient (Wildman–Crippen LogP) is -4.15. The first-order valence-electron chi connectivity index (χ1n) is 19.0. The summed E-state index contributed by atoms with van der Waals surface area (Å²) in [5.74, 6) is -6.96. The smallest absolute Gasteiger partial charge is 0.326 e. The summed E-state index contributed by atoms with van der Waals surface area (Å²) in [5.41, 5.74) is 22.5. The normalized spacial score (nSPS) is 14.8. The highest BCUT2D eigenvalue weighted by molar-refractivity contribution is 5.97. The number of H-pyrrole nitrogens is 1. The molecular formula is C35H62N12O10. The van der Waals surface area contributed by atoms with Crippen molar-refractivity contribution in [1.82, 2.24) is 41.9 Å². The van der Waals surface area contributed by atoms with Crippen LogP contribution in [-0.2, 0) is 44.8 Å². The third kappa shape index (κ3) is 19.5. The van der Waals surface area contributed by atoms with Gasteiger partial charge < -0.3 is 70.0 Å². The van der Waals surface area contributed by atoms with Gasteiger partial charge in [0.1, 0.15) is 42.3 Å². The van der Waals surface area contributed by atoms with E-state index in [9.17, 15) is 48.6 Å². The molecule has 0 saturated carbocycles. The quantitative estimate of drug-likeness (QED) is 0.0342. The van der Waals surface area contributed by atoms with Crippen LogP contribution in [0.4, 0.5) is 0 Å². The van der Waals surface area contributed by atoms with Crippen molar-refractivity contribution >= 4 is 47.3 Å². The van der Waals surface area contributed by atoms with E-state index in [0.717, 1.165) is 0 Å². The average molecular weight is 811 g/mol. The minimum Gasteiger partial charge on any atom is -0.480 e. The fourth-order valence-electron chi connectivity index (χ4n) is 5.45. The lowest BCUT2D eigenvalue weighted by Crippen LogP contribution is -2.60. The number of aromatic amines is 1. The molecular weight excluding hydrogens is 748 g/mol. The number of hydrogen-bond acceptors (Lipinski definition) is 13. The number of nitrogens with two attached hydrogens (primary N) is 4. The number of aliphatic hydroxyl groups is 1. The van der Waals surface area contributed by atoms with E-state index in [0.29, 0.717) is 44.5 Å². The molecule has 22 nitrogen and oxygen atoms in total. The van der Waals surface area contributed by atoms with Crippen molar-refractivity contribution in [3.63, 3.8) is 0 Å². The molecule has 1 rings (SSSR count). The Balaban J connectivity index is 3.30. The Bertz CT molecular complexity index is 1460. The summed E-state index contributed by atoms with van der Waals surface area (Å²) in [7, 11) is 0. The van der Waals surface area contributed by atoms with Gasteiger partial charge in [0.25, 0.3) is 0 Å². The number of carboxylic acids is 1. The van der Waals surface area contributed by atoms with Crippen LogP contribution in [0.1, 0.15) is 84.3 Å². The Morgan fingerprint density at radius 2 is 1.18 bits per heavy atom. The maximum absolute atomic E-state index is 13.9. The number of aliphatic hydroxyl groups excluding tert-OH is 1. The largest absolute Gasteiger partial charge is 0.480 e. The second-order valence-electron chi connectivity index (χ2n) is 14.1. The summed E-state index contributed by atoms with van der Waals surface area (Å²) < 4.78 is 0. The van der Waals surface area contributed by atoms with Crippen molar-refractivity contribution in [1.29, 1.82) is 0 Å². The van der Waals surface area contributed by atoms with E-state index in [1.54, 1.807) is 13.8 Å². The van der Waals surface area contributed by atoms with Gasteiger partial charge in [-0.1, -0.05) is 13.8 Å². The molecule has 0 unspecified atom stereocenters. The van der Waals surface area contributed by atoms with Gasteiger partial charge >= 0.3 is 5.97 Å². The average Bonchev–Trinajstić information content (AvgIpc) is 3.67. The van der Waals surface area contributed by atoms with Gasteiger partial charge in [-0.05, 0) is 77.3 Å². The number of aromatic nitrogens is 2. The lowest BCUT2D eigenvalue weighted by atomic mass is 10.0. The molecule has 22 heteroatoms. The number of carbonyl (C=O) groups excluding carboxylic acids is 7. The Morgan fingerprint density at radius 3 is 1.65 bits per heavy atom. The van der Waals surface area contributed by atoms with Crippen LogP contribution in [0.2, 0.25) is 0 Å². The van der Waals surface area contributed by atoms with E-state index in [1.165, 1.54) is 19.4 Å². The second kappa shape index (κ2) is 26.6. The predicted molar refractivity (Wildman–Crippen MR) is 206 cm³/mol. The molecule has 0 aliphatic rings. The van der Waals surface area contributed by atoms with Crippen LogP contribution >= 0.6 is 0 Å². The van der Waals surface area contributed by atoms with Crippen LogP contribution in [-0.4, -0.2) is 129 Å². The Morgan fingerprint density at radius 1 is 0.684 bits per heavy atom. The molecule has 0 aliphatic heterocycles. The minimum atomic E-state index is -1.45. The highest BCUT2D eigenvalue weighted by atomic mass is 16.4. The maximum atomic E-state index is 13.9. The van der Waals surface area contributed by atoms with Crippen molar-refractivity contribution in [3.8, 4) is 0 Å². The summed E-state index contributed by atoms with van der Waals surface area (Å²) in [6.45, 7) is 4.88. The summed E-state index contributed by atoms with van der Waals surface area (Å²) in [6.07, 6.45) is 4.40. The lowest BCUT2D eigenvalue weighted by molar-refractivity contribution is -0.142. The van der Waals surface area contributed by atoms with Crippen molar-refractivity contribution in [3.05, 3.63) is 18.2 Å². The number of imidazole rings is 1. The number of nitrogens with one attached hydrogen (secondary N) is 7. The van der Waals surface area contributed by atoms with E-state index in [1.807, 2.05) is 0 Å². The molecule has 1 aromatic heterocycles. The van der Waals surface area contributed by atoms with Crippen LogP contribution in [0.5, 0.6) is 0 Å². The van der Waals surface area contributed by atoms with E-state index < -0.39 is 96.2 Å². The van der Waals surface area contributed by atoms with Crippen LogP contribution in [0.15, 0.2) is 12.5 Å². The molecule has 57 heavy (non-hydrogen) atoms. The molecule has 0 radical (unpaired) electrons. The van der Waals surface area contributed by atoms with E-state index in [4.69, 9.17) is 22.9 Å². The zero-order valence-electron chi connectivity index (χ0n) is 32.9. The topological polar surface area (TPSA) is 382 Å². The van der Waals surface area contributed by atoms with Crippen LogP contribution < -0.4 is 54.8 Å². The molecule has 1 aromatic rings. The summed E-state index contributed by atoms with van der Waals surface area (Å²) >= 11 is 0. The van der Waals surface area contributed by atoms with E-state index >= 15 is 0 Å². The first-order chi connectivity index (χ1) is 26.9. The molecule has 7 atom stereocenters. The summed E-state index contributed by atoms with van der Waals surface area (Å²) in [6, 6.07) is -8.86. The van der Waals surface area contributed by atoms with Gasteiger partial charge in [0, 0.05) is 24.7 Å². The van der Waals surface area contributed by atoms with E-state index in [2.05, 4.69) is 41.9 Å². The second-order valence-corrected chi connectivity index (χ2v) is 14.1. The fraction of sp³-hybridized carbons (Fsp3) is 0.686. The van der Waals surface area contributed by atoms with Crippen molar-refractivity contribution in [2.24, 2.45) is 28.9 Å². The Kier molecular flexibility index (Phi) is 23.3. The third-order valence-corrected chi connectivity index (χ3v) is 8.69. The summed E-state index contributed by atoms with van der Waals surface area (Å²) in [5, 5.41) is 34.0. The Labute approximate surface area is 331 Å². The molecule has 0 spiro atoms. The SMILES string of the molecule is CC(C)C[C@H](NC(=O)[C@H](Cc1cnc[nH]1)NC(=O)[C@H](CCCCN)NC(=O)[C@H](CCCCN)NC(=O)[C@@H](N)CO)C(=O)N[C@@H](C)C(=O)N[C@@H](CCC(N)=O)C(=O)O. The first-order valence-corrected chi connectivity index (χ1v) is 19.0. The number of carbonyl (C=O) groups is 8. The fourth-order valence-corrected chi connectivity index (χ4v) is 5.45. The number of rotatable bonds is 29. The monoisotopic (exact) mass is 810 g/mol. The number of primary amides is 1. The maximum Gasteiger partial charge on any atom is 0.326 e. The van der Waals surface area contributed by atoms with Gasteiger partial charge in [-0.3, -0.25) is 33.6 Å². The van der Waals surface area contributed by atoms with Crippen molar-refractivity contribution in [2.75, 3.05) is 19.7 Å². The van der Waals surface area contributed by atoms with Gasteiger partial charge in [-0.15, -0.1) is 0 Å². The van der Waals surface area contributed by atoms with Crippen LogP contribution in [0.25, 0.3) is 0 Å². The lowest BCUT2D eigenvalue weighted by Gasteiger charge is -2.27. The number of aliphatic carboxylic acids is 1. The van der Waals surface area contributed by atoms with Gasteiger partial charge in [-0.2, -0.15) is 0 Å². The zero-order chi connectivity index (χ0) is 43.1. The van der Waals surface area contributed by atoms with Crippen LogP contribution in [0, 0.1) is 5.92 Å². The molecule has 0 bridgehead atoms. The molecule has 1 heterocycles. The zero-order valence-corrected chi connectivity index (χ0v) is 32.9. The van der Waals surface area contributed by atoms with E-state index in [-0.39, 0.29) is 44.4 Å². The number of carboxylic acid groups (broad SMARTS) is 1. The molecule has 0 fully saturated rings. The molecule has 7 amide bonds. The third-order valence-electron chi connectivity index (χ3n) is 8.69. The summed E-state index contributed by atoms with van der Waals surface area (Å²) in [4.78, 5) is 110. The molecule has 0 saturated heterocycles. The van der Waals surface area contributed by atoms with Gasteiger partial charge in [-0.25, -0.2) is 9.78 Å². The van der Waals surface area contributed by atoms with Crippen molar-refractivity contribution in [2.45, 2.75) is 127 Å².